The van der Waals surface area contributed by atoms with Crippen LogP contribution in [0.5, 0.6) is 0 Å². The van der Waals surface area contributed by atoms with Gasteiger partial charge >= 0.3 is 6.18 Å². The standard InChI is InChI=1S/C9H6BrF3N2S/c10-5-1-2-7-6(3-5)15-8(16-7)14-4-9(11,12)13/h1-3H,4H2,(H,14,15). The summed E-state index contributed by atoms with van der Waals surface area (Å²) in [7, 11) is 0. The number of halogens is 4. The summed E-state index contributed by atoms with van der Waals surface area (Å²) in [5, 5.41) is 2.54. The van der Waals surface area contributed by atoms with E-state index in [1.807, 2.05) is 12.1 Å². The maximum absolute atomic E-state index is 12.0. The van der Waals surface area contributed by atoms with Crippen LogP contribution in [-0.2, 0) is 0 Å². The summed E-state index contributed by atoms with van der Waals surface area (Å²) in [6.07, 6.45) is -4.22. The molecule has 16 heavy (non-hydrogen) atoms. The van der Waals surface area contributed by atoms with E-state index >= 15 is 0 Å². The van der Waals surface area contributed by atoms with E-state index in [0.717, 1.165) is 9.17 Å². The first-order chi connectivity index (χ1) is 7.44. The Bertz CT molecular complexity index is 509. The largest absolute Gasteiger partial charge is 0.405 e. The van der Waals surface area contributed by atoms with Crippen LogP contribution in [0.3, 0.4) is 0 Å². The number of hydrogen-bond donors (Lipinski definition) is 1. The third-order valence-electron chi connectivity index (χ3n) is 1.79. The second kappa shape index (κ2) is 4.21. The average Bonchev–Trinajstić information content (AvgIpc) is 2.55. The highest BCUT2D eigenvalue weighted by Crippen LogP contribution is 2.28. The highest BCUT2D eigenvalue weighted by atomic mass is 79.9. The van der Waals surface area contributed by atoms with Crippen molar-refractivity contribution >= 4 is 42.6 Å². The van der Waals surface area contributed by atoms with E-state index in [0.29, 0.717) is 5.52 Å². The van der Waals surface area contributed by atoms with Crippen molar-refractivity contribution < 1.29 is 13.2 Å². The molecule has 2 rings (SSSR count). The van der Waals surface area contributed by atoms with Crippen LogP contribution in [-0.4, -0.2) is 17.7 Å². The summed E-state index contributed by atoms with van der Waals surface area (Å²) in [5.41, 5.74) is 0.684. The van der Waals surface area contributed by atoms with Crippen molar-refractivity contribution in [2.45, 2.75) is 6.18 Å². The van der Waals surface area contributed by atoms with Gasteiger partial charge in [-0.15, -0.1) is 0 Å². The fourth-order valence-corrected chi connectivity index (χ4v) is 2.34. The molecule has 0 bridgehead atoms. The van der Waals surface area contributed by atoms with E-state index in [1.54, 1.807) is 6.07 Å². The first-order valence-electron chi connectivity index (χ1n) is 4.31. The van der Waals surface area contributed by atoms with Gasteiger partial charge in [0.2, 0.25) is 0 Å². The Morgan fingerprint density at radius 3 is 2.81 bits per heavy atom. The molecule has 2 aromatic rings. The molecule has 86 valence electrons. The number of fused-ring (bicyclic) bond motifs is 1. The van der Waals surface area contributed by atoms with Crippen LogP contribution in [0.1, 0.15) is 0 Å². The highest BCUT2D eigenvalue weighted by Gasteiger charge is 2.27. The number of thiazole rings is 1. The predicted molar refractivity (Wildman–Crippen MR) is 61.9 cm³/mol. The van der Waals surface area contributed by atoms with Crippen molar-refractivity contribution in [1.29, 1.82) is 0 Å². The van der Waals surface area contributed by atoms with Gasteiger partial charge in [-0.25, -0.2) is 4.98 Å². The summed E-state index contributed by atoms with van der Waals surface area (Å²) in [6.45, 7) is -1.06. The van der Waals surface area contributed by atoms with Crippen LogP contribution in [0, 0.1) is 0 Å². The van der Waals surface area contributed by atoms with E-state index in [9.17, 15) is 13.2 Å². The fraction of sp³-hybridized carbons (Fsp3) is 0.222. The van der Waals surface area contributed by atoms with E-state index in [4.69, 9.17) is 0 Å². The van der Waals surface area contributed by atoms with Crippen molar-refractivity contribution in [3.8, 4) is 0 Å². The van der Waals surface area contributed by atoms with Crippen LogP contribution in [0.2, 0.25) is 0 Å². The number of alkyl halides is 3. The summed E-state index contributed by atoms with van der Waals surface area (Å²) >= 11 is 4.48. The van der Waals surface area contributed by atoms with Gasteiger partial charge in [0.15, 0.2) is 5.13 Å². The molecular weight excluding hydrogens is 305 g/mol. The molecule has 0 spiro atoms. The molecular formula is C9H6BrF3N2S. The fourth-order valence-electron chi connectivity index (χ4n) is 1.15. The maximum atomic E-state index is 12.0. The van der Waals surface area contributed by atoms with Gasteiger partial charge in [-0.2, -0.15) is 13.2 Å². The number of rotatable bonds is 2. The van der Waals surface area contributed by atoms with Crippen LogP contribution < -0.4 is 5.32 Å². The van der Waals surface area contributed by atoms with Crippen molar-refractivity contribution in [3.05, 3.63) is 22.7 Å². The number of aromatic nitrogens is 1. The van der Waals surface area contributed by atoms with Gasteiger partial charge in [-0.1, -0.05) is 27.3 Å². The number of hydrogen-bond acceptors (Lipinski definition) is 3. The maximum Gasteiger partial charge on any atom is 0.405 e. The molecule has 0 aliphatic carbocycles. The Morgan fingerprint density at radius 1 is 1.38 bits per heavy atom. The molecule has 1 aromatic heterocycles. The van der Waals surface area contributed by atoms with Gasteiger partial charge in [0.25, 0.3) is 0 Å². The zero-order chi connectivity index (χ0) is 11.8. The minimum atomic E-state index is -4.22. The first-order valence-corrected chi connectivity index (χ1v) is 5.92. The van der Waals surface area contributed by atoms with Gasteiger partial charge in [-0.05, 0) is 18.2 Å². The van der Waals surface area contributed by atoms with E-state index < -0.39 is 12.7 Å². The molecule has 0 aliphatic heterocycles. The van der Waals surface area contributed by atoms with Crippen LogP contribution in [0.25, 0.3) is 10.2 Å². The molecule has 2 nitrogen and oxygen atoms in total. The number of nitrogens with one attached hydrogen (secondary N) is 1. The molecule has 0 aliphatic rings. The molecule has 0 amide bonds. The van der Waals surface area contributed by atoms with E-state index in [1.165, 1.54) is 11.3 Å². The Kier molecular flexibility index (Phi) is 3.07. The minimum Gasteiger partial charge on any atom is -0.352 e. The topological polar surface area (TPSA) is 24.9 Å². The molecule has 1 aromatic carbocycles. The van der Waals surface area contributed by atoms with Crippen molar-refractivity contribution in [2.24, 2.45) is 0 Å². The quantitative estimate of drug-likeness (QED) is 0.905. The van der Waals surface area contributed by atoms with Crippen LogP contribution in [0.15, 0.2) is 22.7 Å². The van der Waals surface area contributed by atoms with Gasteiger partial charge in [0.05, 0.1) is 10.2 Å². The Labute approximate surface area is 102 Å². The van der Waals surface area contributed by atoms with Crippen molar-refractivity contribution in [3.63, 3.8) is 0 Å². The van der Waals surface area contributed by atoms with Gasteiger partial charge < -0.3 is 5.32 Å². The smallest absolute Gasteiger partial charge is 0.352 e. The Balaban J connectivity index is 2.20. The highest BCUT2D eigenvalue weighted by molar-refractivity contribution is 9.10. The molecule has 0 saturated carbocycles. The molecule has 1 N–H and O–H groups in total. The normalized spacial score (nSPS) is 12.0. The number of nitrogens with zero attached hydrogens (tertiary/aromatic N) is 1. The van der Waals surface area contributed by atoms with Crippen molar-refractivity contribution in [2.75, 3.05) is 11.9 Å². The zero-order valence-corrected chi connectivity index (χ0v) is 10.2. The lowest BCUT2D eigenvalue weighted by Crippen LogP contribution is -2.21. The van der Waals surface area contributed by atoms with Gasteiger partial charge in [0, 0.05) is 4.47 Å². The second-order valence-corrected chi connectivity index (χ2v) is 5.05. The second-order valence-electron chi connectivity index (χ2n) is 3.10. The third-order valence-corrected chi connectivity index (χ3v) is 3.28. The molecule has 0 saturated heterocycles. The molecule has 0 radical (unpaired) electrons. The summed E-state index contributed by atoms with van der Waals surface area (Å²) < 4.78 is 37.6. The summed E-state index contributed by atoms with van der Waals surface area (Å²) in [6, 6.07) is 5.41. The van der Waals surface area contributed by atoms with Crippen LogP contribution >= 0.6 is 27.3 Å². The average molecular weight is 311 g/mol. The zero-order valence-electron chi connectivity index (χ0n) is 7.81. The molecule has 7 heteroatoms. The SMILES string of the molecule is FC(F)(F)CNc1nc2cc(Br)ccc2s1. The molecule has 0 atom stereocenters. The van der Waals surface area contributed by atoms with E-state index in [-0.39, 0.29) is 5.13 Å². The van der Waals surface area contributed by atoms with Crippen molar-refractivity contribution in [1.82, 2.24) is 4.98 Å². The Morgan fingerprint density at radius 2 is 2.12 bits per heavy atom. The number of benzene rings is 1. The lowest BCUT2D eigenvalue weighted by molar-refractivity contribution is -0.115. The summed E-state index contributed by atoms with van der Waals surface area (Å²) in [4.78, 5) is 4.05. The minimum absolute atomic E-state index is 0.283. The summed E-state index contributed by atoms with van der Waals surface area (Å²) in [5.74, 6) is 0. The van der Waals surface area contributed by atoms with Gasteiger partial charge in [0.1, 0.15) is 6.54 Å². The molecule has 0 fully saturated rings. The number of anilines is 1. The van der Waals surface area contributed by atoms with Crippen LogP contribution in [0.4, 0.5) is 18.3 Å². The van der Waals surface area contributed by atoms with E-state index in [2.05, 4.69) is 26.2 Å². The first kappa shape index (κ1) is 11.7. The monoisotopic (exact) mass is 310 g/mol. The molecule has 0 unspecified atom stereocenters. The molecule has 1 heterocycles. The third kappa shape index (κ3) is 2.85. The lowest BCUT2D eigenvalue weighted by Gasteiger charge is -2.05. The Hall–Kier alpha value is -0.820. The predicted octanol–water partition coefficient (Wildman–Crippen LogP) is 4.03. The lowest BCUT2D eigenvalue weighted by atomic mass is 10.3. The van der Waals surface area contributed by atoms with Gasteiger partial charge in [-0.3, -0.25) is 0 Å².